The minimum absolute atomic E-state index is 0.0658. The Morgan fingerprint density at radius 3 is 2.03 bits per heavy atom. The predicted molar refractivity (Wildman–Crippen MR) is 112 cm³/mol. The van der Waals surface area contributed by atoms with Crippen LogP contribution in [0.25, 0.3) is 10.8 Å². The zero-order valence-corrected chi connectivity index (χ0v) is 18.0. The van der Waals surface area contributed by atoms with Crippen LogP contribution in [0.2, 0.25) is 0 Å². The van der Waals surface area contributed by atoms with Crippen LogP contribution in [0, 0.1) is 11.3 Å². The van der Waals surface area contributed by atoms with Gasteiger partial charge in [-0.2, -0.15) is 13.2 Å². The number of ether oxygens (including phenoxy) is 1. The van der Waals surface area contributed by atoms with Crippen LogP contribution >= 0.6 is 0 Å². The van der Waals surface area contributed by atoms with Gasteiger partial charge in [-0.25, -0.2) is 0 Å². The lowest BCUT2D eigenvalue weighted by molar-refractivity contribution is -0.138. The average Bonchev–Trinajstić information content (AvgIpc) is 2.59. The Balaban J connectivity index is 1.92. The van der Waals surface area contributed by atoms with Crippen molar-refractivity contribution in [2.75, 3.05) is 0 Å². The van der Waals surface area contributed by atoms with Gasteiger partial charge in [0.05, 0.1) is 6.10 Å². The molecular weight excluding hydrogens is 375 g/mol. The number of nitrogens with two attached hydrogens (primary N) is 1. The van der Waals surface area contributed by atoms with E-state index < -0.39 is 17.3 Å². The van der Waals surface area contributed by atoms with Crippen molar-refractivity contribution in [1.29, 1.82) is 0 Å². The summed E-state index contributed by atoms with van der Waals surface area (Å²) in [6, 6.07) is 8.11. The minimum atomic E-state index is -4.49. The summed E-state index contributed by atoms with van der Waals surface area (Å²) in [5, 5.41) is 0.684. The molecule has 0 aromatic heterocycles. The second kappa shape index (κ2) is 7.50. The predicted octanol–water partition coefficient (Wildman–Crippen LogP) is 7.04. The molecule has 3 rings (SSSR count). The second-order valence-electron chi connectivity index (χ2n) is 10.1. The number of fused-ring (bicyclic) bond motifs is 1. The molecule has 2 nitrogen and oxygen atoms in total. The van der Waals surface area contributed by atoms with Crippen molar-refractivity contribution >= 4 is 10.8 Å². The topological polar surface area (TPSA) is 35.2 Å². The Bertz CT molecular complexity index is 867. The molecule has 2 N–H and O–H groups in total. The monoisotopic (exact) mass is 407 g/mol. The highest BCUT2D eigenvalue weighted by atomic mass is 19.4. The van der Waals surface area contributed by atoms with Gasteiger partial charge >= 0.3 is 6.18 Å². The van der Waals surface area contributed by atoms with Crippen LogP contribution in [-0.2, 0) is 11.7 Å². The Labute approximate surface area is 171 Å². The summed E-state index contributed by atoms with van der Waals surface area (Å²) in [4.78, 5) is 0. The molecule has 1 aliphatic rings. The van der Waals surface area contributed by atoms with E-state index >= 15 is 0 Å². The van der Waals surface area contributed by atoms with Crippen molar-refractivity contribution in [1.82, 2.24) is 0 Å². The Morgan fingerprint density at radius 1 is 0.897 bits per heavy atom. The van der Waals surface area contributed by atoms with Crippen LogP contribution in [0.3, 0.4) is 0 Å². The molecule has 2 aromatic carbocycles. The van der Waals surface area contributed by atoms with Gasteiger partial charge in [0.1, 0.15) is 11.3 Å². The van der Waals surface area contributed by atoms with Gasteiger partial charge in [0, 0.05) is 5.54 Å². The first-order valence-corrected chi connectivity index (χ1v) is 10.4. The number of hydrogen-bond acceptors (Lipinski definition) is 2. The number of halogens is 3. The second-order valence-corrected chi connectivity index (χ2v) is 10.1. The quantitative estimate of drug-likeness (QED) is 0.592. The Morgan fingerprint density at radius 2 is 1.52 bits per heavy atom. The lowest BCUT2D eigenvalue weighted by atomic mass is 9.72. The van der Waals surface area contributed by atoms with Crippen LogP contribution in [0.5, 0.6) is 5.75 Å². The lowest BCUT2D eigenvalue weighted by Crippen LogP contribution is -2.31. The van der Waals surface area contributed by atoms with E-state index in [9.17, 15) is 13.2 Å². The first-order chi connectivity index (χ1) is 13.3. The van der Waals surface area contributed by atoms with Gasteiger partial charge in [0.2, 0.25) is 0 Å². The number of benzene rings is 2. The molecule has 0 heterocycles. The van der Waals surface area contributed by atoms with Crippen molar-refractivity contribution in [3.05, 3.63) is 41.5 Å². The van der Waals surface area contributed by atoms with Gasteiger partial charge in [-0.05, 0) is 79.3 Å². The molecule has 29 heavy (non-hydrogen) atoms. The van der Waals surface area contributed by atoms with Crippen LogP contribution in [0.15, 0.2) is 30.3 Å². The highest BCUT2D eigenvalue weighted by Crippen LogP contribution is 2.44. The van der Waals surface area contributed by atoms with Crippen LogP contribution in [0.1, 0.15) is 71.4 Å². The first kappa shape index (κ1) is 21.9. The minimum Gasteiger partial charge on any atom is -0.490 e. The third kappa shape index (κ3) is 4.88. The molecule has 0 spiro atoms. The van der Waals surface area contributed by atoms with E-state index in [0.717, 1.165) is 31.2 Å². The van der Waals surface area contributed by atoms with Crippen molar-refractivity contribution in [2.24, 2.45) is 17.1 Å². The molecule has 1 fully saturated rings. The van der Waals surface area contributed by atoms with E-state index in [0.29, 0.717) is 11.3 Å². The summed E-state index contributed by atoms with van der Waals surface area (Å²) in [5.74, 6) is 0.517. The van der Waals surface area contributed by atoms with E-state index in [1.807, 2.05) is 13.8 Å². The number of hydrogen-bond donors (Lipinski definition) is 1. The fraction of sp³-hybridized carbons (Fsp3) is 0.583. The van der Waals surface area contributed by atoms with Gasteiger partial charge in [-0.3, -0.25) is 0 Å². The van der Waals surface area contributed by atoms with Gasteiger partial charge in [0.25, 0.3) is 0 Å². The zero-order chi connectivity index (χ0) is 21.6. The Kier molecular flexibility index (Phi) is 5.67. The van der Waals surface area contributed by atoms with Gasteiger partial charge in [-0.15, -0.1) is 0 Å². The maximum absolute atomic E-state index is 14.0. The summed E-state index contributed by atoms with van der Waals surface area (Å²) in [6.07, 6.45) is -1.11. The zero-order valence-electron chi connectivity index (χ0n) is 18.0. The van der Waals surface area contributed by atoms with Gasteiger partial charge < -0.3 is 10.5 Å². The standard InChI is InChI=1S/C24H32F3NO/c1-22(2,3)16-7-10-18(11-8-16)29-20-13-6-15-14-17(23(4,5)28)9-12-19(15)21(20)24(25,26)27/h6,9,12-14,16,18H,7-8,10-11,28H2,1-5H3/t16-,18-. The van der Waals surface area contributed by atoms with E-state index in [4.69, 9.17) is 10.5 Å². The highest BCUT2D eigenvalue weighted by molar-refractivity contribution is 5.89. The average molecular weight is 408 g/mol. The largest absolute Gasteiger partial charge is 0.490 e. The first-order valence-electron chi connectivity index (χ1n) is 10.4. The molecule has 0 unspecified atom stereocenters. The maximum atomic E-state index is 14.0. The molecule has 1 saturated carbocycles. The van der Waals surface area contributed by atoms with Crippen molar-refractivity contribution in [2.45, 2.75) is 78.1 Å². The van der Waals surface area contributed by atoms with E-state index in [2.05, 4.69) is 20.8 Å². The molecule has 0 amide bonds. The van der Waals surface area contributed by atoms with Gasteiger partial charge in [0.15, 0.2) is 0 Å². The smallest absolute Gasteiger partial charge is 0.420 e. The molecular formula is C24H32F3NO. The SMILES string of the molecule is CC(C)(N)c1ccc2c(C(F)(F)F)c(O[C@H]3CC[C@H](C(C)(C)C)CC3)ccc2c1. The third-order valence-corrected chi connectivity index (χ3v) is 6.20. The third-order valence-electron chi connectivity index (χ3n) is 6.20. The molecule has 0 radical (unpaired) electrons. The highest BCUT2D eigenvalue weighted by Gasteiger charge is 2.38. The molecule has 0 bridgehead atoms. The molecule has 1 aliphatic carbocycles. The summed E-state index contributed by atoms with van der Waals surface area (Å²) < 4.78 is 47.9. The van der Waals surface area contributed by atoms with Crippen molar-refractivity contribution < 1.29 is 17.9 Å². The van der Waals surface area contributed by atoms with E-state index in [-0.39, 0.29) is 22.7 Å². The van der Waals surface area contributed by atoms with Crippen LogP contribution in [-0.4, -0.2) is 6.10 Å². The van der Waals surface area contributed by atoms with E-state index in [1.54, 1.807) is 18.2 Å². The number of rotatable bonds is 3. The van der Waals surface area contributed by atoms with Crippen molar-refractivity contribution in [3.63, 3.8) is 0 Å². The summed E-state index contributed by atoms with van der Waals surface area (Å²) in [7, 11) is 0. The fourth-order valence-electron chi connectivity index (χ4n) is 4.33. The van der Waals surface area contributed by atoms with Gasteiger partial charge in [-0.1, -0.05) is 39.0 Å². The molecule has 2 aromatic rings. The van der Waals surface area contributed by atoms with Crippen molar-refractivity contribution in [3.8, 4) is 5.75 Å². The normalized spacial score (nSPS) is 21.4. The molecule has 5 heteroatoms. The fourth-order valence-corrected chi connectivity index (χ4v) is 4.33. The van der Waals surface area contributed by atoms with Crippen LogP contribution in [0.4, 0.5) is 13.2 Å². The Hall–Kier alpha value is -1.75. The van der Waals surface area contributed by atoms with Crippen LogP contribution < -0.4 is 10.5 Å². The summed E-state index contributed by atoms with van der Waals surface area (Å²) >= 11 is 0. The summed E-state index contributed by atoms with van der Waals surface area (Å²) in [6.45, 7) is 10.3. The molecule has 0 aliphatic heterocycles. The molecule has 0 atom stereocenters. The summed E-state index contributed by atoms with van der Waals surface area (Å²) in [5.41, 5.74) is 5.84. The maximum Gasteiger partial charge on any atom is 0.420 e. The molecule has 160 valence electrons. The number of alkyl halides is 3. The molecule has 0 saturated heterocycles. The lowest BCUT2D eigenvalue weighted by Gasteiger charge is -2.37. The van der Waals surface area contributed by atoms with E-state index in [1.165, 1.54) is 12.1 Å².